The van der Waals surface area contributed by atoms with Crippen molar-refractivity contribution in [3.63, 3.8) is 0 Å². The van der Waals surface area contributed by atoms with E-state index in [0.717, 1.165) is 19.2 Å². The summed E-state index contributed by atoms with van der Waals surface area (Å²) in [4.78, 5) is 0.882. The van der Waals surface area contributed by atoms with Crippen LogP contribution in [0.4, 0.5) is 0 Å². The summed E-state index contributed by atoms with van der Waals surface area (Å²) in [7, 11) is -4.44. The number of sulfone groups is 1. The van der Waals surface area contributed by atoms with E-state index in [-0.39, 0.29) is 16.2 Å². The van der Waals surface area contributed by atoms with Crippen LogP contribution in [0.15, 0.2) is 34.1 Å². The van der Waals surface area contributed by atoms with Crippen LogP contribution < -0.4 is 5.32 Å². The van der Waals surface area contributed by atoms with E-state index < -0.39 is 20.6 Å². The molecule has 1 aliphatic heterocycles. The zero-order valence-corrected chi connectivity index (χ0v) is 13.9. The second-order valence-electron chi connectivity index (χ2n) is 5.11. The smallest absolute Gasteiger partial charge is 0.175 e. The first-order chi connectivity index (χ1) is 9.93. The number of hydrogen-bond donors (Lipinski definition) is 1. The standard InChI is InChI=1S/C14H21NO4S2/c1-3-15-13-8-9-19-10-14(13)20(16)11-4-6-12(7-5-11)21(2,17)18/h4-7,13-15H,3,8-10H2,1-2H3. The highest BCUT2D eigenvalue weighted by Crippen LogP contribution is 2.21. The maximum Gasteiger partial charge on any atom is 0.175 e. The predicted molar refractivity (Wildman–Crippen MR) is 82.6 cm³/mol. The van der Waals surface area contributed by atoms with Crippen molar-refractivity contribution in [2.45, 2.75) is 34.4 Å². The summed E-state index contributed by atoms with van der Waals surface area (Å²) in [5.74, 6) is 0. The maximum atomic E-state index is 12.7. The summed E-state index contributed by atoms with van der Waals surface area (Å²) >= 11 is 0. The number of rotatable bonds is 5. The molecule has 0 amide bonds. The molecular formula is C14H21NO4S2. The fraction of sp³-hybridized carbons (Fsp3) is 0.571. The summed E-state index contributed by atoms with van der Waals surface area (Å²) in [6, 6.07) is 6.44. The van der Waals surface area contributed by atoms with Gasteiger partial charge in [0.1, 0.15) is 0 Å². The molecule has 2 rings (SSSR count). The quantitative estimate of drug-likeness (QED) is 0.870. The first-order valence-corrected chi connectivity index (χ1v) is 10.1. The van der Waals surface area contributed by atoms with Crippen LogP contribution in [0.3, 0.4) is 0 Å². The van der Waals surface area contributed by atoms with Crippen LogP contribution >= 0.6 is 0 Å². The number of nitrogens with one attached hydrogen (secondary N) is 1. The fourth-order valence-corrected chi connectivity index (χ4v) is 4.55. The van der Waals surface area contributed by atoms with E-state index in [4.69, 9.17) is 4.74 Å². The molecule has 0 bridgehead atoms. The van der Waals surface area contributed by atoms with Crippen LogP contribution in [0.2, 0.25) is 0 Å². The van der Waals surface area contributed by atoms with E-state index in [1.807, 2.05) is 6.92 Å². The molecule has 1 aromatic rings. The third-order valence-corrected chi connectivity index (χ3v) is 6.41. The summed E-state index contributed by atoms with van der Waals surface area (Å²) < 4.78 is 41.0. The highest BCUT2D eigenvalue weighted by molar-refractivity contribution is 7.90. The molecule has 5 nitrogen and oxygen atoms in total. The van der Waals surface area contributed by atoms with E-state index in [1.54, 1.807) is 12.1 Å². The summed E-state index contributed by atoms with van der Waals surface area (Å²) in [6.45, 7) is 3.98. The molecule has 0 aromatic heterocycles. The van der Waals surface area contributed by atoms with Crippen molar-refractivity contribution in [1.29, 1.82) is 0 Å². The SMILES string of the molecule is CCNC1CCOCC1S(=O)c1ccc(S(C)(=O)=O)cc1. The van der Waals surface area contributed by atoms with Gasteiger partial charge in [-0.1, -0.05) is 6.92 Å². The molecule has 1 aliphatic rings. The van der Waals surface area contributed by atoms with Gasteiger partial charge in [-0.2, -0.15) is 0 Å². The Hall–Kier alpha value is -0.760. The molecule has 1 fully saturated rings. The Balaban J connectivity index is 2.18. The molecule has 7 heteroatoms. The number of ether oxygens (including phenoxy) is 1. The third-order valence-electron chi connectivity index (χ3n) is 3.53. The van der Waals surface area contributed by atoms with Crippen molar-refractivity contribution in [2.24, 2.45) is 0 Å². The molecule has 0 aliphatic carbocycles. The Morgan fingerprint density at radius 2 is 2.00 bits per heavy atom. The van der Waals surface area contributed by atoms with E-state index in [9.17, 15) is 12.6 Å². The Kier molecular flexibility index (Phi) is 5.54. The highest BCUT2D eigenvalue weighted by Gasteiger charge is 2.30. The minimum absolute atomic E-state index is 0.109. The molecule has 1 aromatic carbocycles. The lowest BCUT2D eigenvalue weighted by Gasteiger charge is -2.31. The third kappa shape index (κ3) is 4.12. The molecule has 1 saturated heterocycles. The van der Waals surface area contributed by atoms with Gasteiger partial charge >= 0.3 is 0 Å². The minimum Gasteiger partial charge on any atom is -0.380 e. The molecule has 3 unspecified atom stereocenters. The first kappa shape index (κ1) is 16.6. The lowest BCUT2D eigenvalue weighted by atomic mass is 10.1. The van der Waals surface area contributed by atoms with Crippen LogP contribution in [0.5, 0.6) is 0 Å². The van der Waals surface area contributed by atoms with Gasteiger partial charge in [0.25, 0.3) is 0 Å². The largest absolute Gasteiger partial charge is 0.380 e. The van der Waals surface area contributed by atoms with Crippen molar-refractivity contribution >= 4 is 20.6 Å². The molecule has 3 atom stereocenters. The van der Waals surface area contributed by atoms with Gasteiger partial charge in [-0.25, -0.2) is 8.42 Å². The first-order valence-electron chi connectivity index (χ1n) is 6.95. The van der Waals surface area contributed by atoms with Crippen molar-refractivity contribution in [3.8, 4) is 0 Å². The van der Waals surface area contributed by atoms with Crippen LogP contribution in [0.25, 0.3) is 0 Å². The monoisotopic (exact) mass is 331 g/mol. The van der Waals surface area contributed by atoms with Crippen LogP contribution in [0, 0.1) is 0 Å². The topological polar surface area (TPSA) is 72.5 Å². The van der Waals surface area contributed by atoms with E-state index >= 15 is 0 Å². The molecule has 0 radical (unpaired) electrons. The second-order valence-corrected chi connectivity index (χ2v) is 8.79. The highest BCUT2D eigenvalue weighted by atomic mass is 32.2. The average Bonchev–Trinajstić information content (AvgIpc) is 2.47. The van der Waals surface area contributed by atoms with Crippen LogP contribution in [0.1, 0.15) is 13.3 Å². The van der Waals surface area contributed by atoms with Crippen molar-refractivity contribution in [2.75, 3.05) is 26.0 Å². The van der Waals surface area contributed by atoms with Crippen molar-refractivity contribution < 1.29 is 17.4 Å². The van der Waals surface area contributed by atoms with Gasteiger partial charge in [0, 0.05) is 23.8 Å². The van der Waals surface area contributed by atoms with E-state index in [1.165, 1.54) is 12.1 Å². The van der Waals surface area contributed by atoms with Crippen molar-refractivity contribution in [3.05, 3.63) is 24.3 Å². The second kappa shape index (κ2) is 7.00. The van der Waals surface area contributed by atoms with Gasteiger partial charge in [-0.15, -0.1) is 0 Å². The molecule has 21 heavy (non-hydrogen) atoms. The Labute approximate surface area is 128 Å². The van der Waals surface area contributed by atoms with E-state index in [0.29, 0.717) is 18.1 Å². The summed E-state index contributed by atoms with van der Waals surface area (Å²) in [6.07, 6.45) is 2.00. The molecule has 0 saturated carbocycles. The van der Waals surface area contributed by atoms with Crippen molar-refractivity contribution in [1.82, 2.24) is 5.32 Å². The maximum absolute atomic E-state index is 12.7. The fourth-order valence-electron chi connectivity index (χ4n) is 2.41. The molecule has 1 N–H and O–H groups in total. The number of benzene rings is 1. The molecule has 118 valence electrons. The van der Waals surface area contributed by atoms with Gasteiger partial charge < -0.3 is 10.1 Å². The zero-order valence-electron chi connectivity index (χ0n) is 12.2. The lowest BCUT2D eigenvalue weighted by molar-refractivity contribution is 0.0824. The van der Waals surface area contributed by atoms with Gasteiger partial charge in [-0.05, 0) is 37.2 Å². The Morgan fingerprint density at radius 1 is 1.33 bits per heavy atom. The van der Waals surface area contributed by atoms with Gasteiger partial charge in [-0.3, -0.25) is 4.21 Å². The van der Waals surface area contributed by atoms with Crippen LogP contribution in [-0.4, -0.2) is 49.9 Å². The van der Waals surface area contributed by atoms with Gasteiger partial charge in [0.05, 0.1) is 27.6 Å². The Bertz CT molecular complexity index is 596. The molecule has 1 heterocycles. The van der Waals surface area contributed by atoms with Gasteiger partial charge in [0.15, 0.2) is 9.84 Å². The molecular weight excluding hydrogens is 310 g/mol. The summed E-state index contributed by atoms with van der Waals surface area (Å²) in [5.41, 5.74) is 0. The van der Waals surface area contributed by atoms with E-state index in [2.05, 4.69) is 5.32 Å². The van der Waals surface area contributed by atoms with Crippen LogP contribution in [-0.2, 0) is 25.4 Å². The predicted octanol–water partition coefficient (Wildman–Crippen LogP) is 0.965. The minimum atomic E-state index is -3.23. The summed E-state index contributed by atoms with van der Waals surface area (Å²) in [5, 5.41) is 3.24. The lowest BCUT2D eigenvalue weighted by Crippen LogP contribution is -2.48. The zero-order chi connectivity index (χ0) is 15.5. The Morgan fingerprint density at radius 3 is 2.57 bits per heavy atom. The normalized spacial score (nSPS) is 24.7. The number of hydrogen-bond acceptors (Lipinski definition) is 5. The molecule has 0 spiro atoms. The van der Waals surface area contributed by atoms with Gasteiger partial charge in [0.2, 0.25) is 0 Å². The average molecular weight is 331 g/mol.